The molecule has 1 heterocycles. The minimum absolute atomic E-state index is 0.0938. The predicted molar refractivity (Wildman–Crippen MR) is 104 cm³/mol. The van der Waals surface area contributed by atoms with E-state index in [2.05, 4.69) is 46.4 Å². The molecule has 0 aromatic heterocycles. The summed E-state index contributed by atoms with van der Waals surface area (Å²) in [6.45, 7) is 13.3. The van der Waals surface area contributed by atoms with Crippen LogP contribution in [-0.2, 0) is 9.53 Å². The Hall–Kier alpha value is -1.25. The molecule has 0 aromatic carbocycles. The third kappa shape index (κ3) is 3.96. The first kappa shape index (κ1) is 20.1. The Morgan fingerprint density at radius 1 is 1.20 bits per heavy atom. The van der Waals surface area contributed by atoms with Gasteiger partial charge in [-0.05, 0) is 71.4 Å². The lowest BCUT2D eigenvalue weighted by molar-refractivity contribution is -0.145. The van der Waals surface area contributed by atoms with E-state index >= 15 is 0 Å². The molecule has 0 bridgehead atoms. The van der Waals surface area contributed by atoms with E-state index < -0.39 is 0 Å². The number of allylic oxidation sites excluding steroid dienone is 3. The van der Waals surface area contributed by atoms with Crippen LogP contribution in [0.1, 0.15) is 80.1 Å². The largest absolute Gasteiger partial charge is 0.501 e. The molecule has 1 fully saturated rings. The van der Waals surface area contributed by atoms with Crippen LogP contribution in [0.5, 0.6) is 0 Å². The molecule has 3 nitrogen and oxygen atoms in total. The maximum absolute atomic E-state index is 13.7. The highest BCUT2D eigenvalue weighted by molar-refractivity contribution is 5.95. The number of methoxy groups -OCH3 is 1. The van der Waals surface area contributed by atoms with Gasteiger partial charge in [0, 0.05) is 22.6 Å². The Balaban J connectivity index is 2.39. The third-order valence-corrected chi connectivity index (χ3v) is 6.22. The third-order valence-electron chi connectivity index (χ3n) is 6.22. The first-order chi connectivity index (χ1) is 11.7. The SMILES string of the molecule is CCCC[C@H]1C(C(=O)N2C(C)(C)CCCC2(C)C)=CC=C(OC)[C@@H]1C. The van der Waals surface area contributed by atoms with Gasteiger partial charge in [0.2, 0.25) is 0 Å². The number of hydrogen-bond acceptors (Lipinski definition) is 2. The highest BCUT2D eigenvalue weighted by atomic mass is 16.5. The number of hydrogen-bond donors (Lipinski definition) is 0. The van der Waals surface area contributed by atoms with Crippen molar-refractivity contribution in [2.45, 2.75) is 91.1 Å². The Morgan fingerprint density at radius 2 is 1.80 bits per heavy atom. The highest BCUT2D eigenvalue weighted by Crippen LogP contribution is 2.42. The fourth-order valence-corrected chi connectivity index (χ4v) is 4.90. The van der Waals surface area contributed by atoms with Crippen LogP contribution in [0.25, 0.3) is 0 Å². The Morgan fingerprint density at radius 3 is 2.32 bits per heavy atom. The number of amides is 1. The summed E-state index contributed by atoms with van der Waals surface area (Å²) in [5.74, 6) is 1.74. The lowest BCUT2D eigenvalue weighted by atomic mass is 9.75. The van der Waals surface area contributed by atoms with Gasteiger partial charge in [-0.3, -0.25) is 4.79 Å². The Bertz CT molecular complexity index is 540. The van der Waals surface area contributed by atoms with E-state index in [4.69, 9.17) is 4.74 Å². The molecule has 1 aliphatic heterocycles. The van der Waals surface area contributed by atoms with Gasteiger partial charge in [-0.15, -0.1) is 0 Å². The van der Waals surface area contributed by atoms with Crippen molar-refractivity contribution >= 4 is 5.91 Å². The Kier molecular flexibility index (Phi) is 6.06. The van der Waals surface area contributed by atoms with E-state index in [0.717, 1.165) is 43.4 Å². The number of nitrogens with zero attached hydrogens (tertiary/aromatic N) is 1. The summed E-state index contributed by atoms with van der Waals surface area (Å²) < 4.78 is 5.56. The second-order valence-corrected chi connectivity index (χ2v) is 9.05. The molecule has 0 radical (unpaired) electrons. The number of carbonyl (C=O) groups excluding carboxylic acids is 1. The van der Waals surface area contributed by atoms with Gasteiger partial charge in [0.25, 0.3) is 5.91 Å². The van der Waals surface area contributed by atoms with Crippen molar-refractivity contribution in [3.05, 3.63) is 23.5 Å². The molecule has 0 aromatic rings. The van der Waals surface area contributed by atoms with E-state index in [0.29, 0.717) is 0 Å². The van der Waals surface area contributed by atoms with Gasteiger partial charge in [0.05, 0.1) is 12.9 Å². The number of rotatable bonds is 5. The molecule has 0 N–H and O–H groups in total. The fraction of sp³-hybridized carbons (Fsp3) is 0.773. The summed E-state index contributed by atoms with van der Waals surface area (Å²) >= 11 is 0. The van der Waals surface area contributed by atoms with Gasteiger partial charge in [-0.2, -0.15) is 0 Å². The zero-order valence-electron chi connectivity index (χ0n) is 17.3. The molecule has 0 unspecified atom stereocenters. The first-order valence-corrected chi connectivity index (χ1v) is 9.96. The standard InChI is InChI=1S/C22H37NO2/c1-8-9-11-17-16(2)19(25-7)13-12-18(17)20(24)23-21(3,4)14-10-15-22(23,5)6/h12-13,16-17H,8-11,14-15H2,1-7H3/t16-,17-/m1/s1. The highest BCUT2D eigenvalue weighted by Gasteiger charge is 2.46. The van der Waals surface area contributed by atoms with Crippen molar-refractivity contribution in [2.24, 2.45) is 11.8 Å². The van der Waals surface area contributed by atoms with Gasteiger partial charge in [-0.1, -0.05) is 26.7 Å². The summed E-state index contributed by atoms with van der Waals surface area (Å²) in [6, 6.07) is 0. The second-order valence-electron chi connectivity index (χ2n) is 9.05. The van der Waals surface area contributed by atoms with Crippen molar-refractivity contribution in [3.63, 3.8) is 0 Å². The number of unbranched alkanes of at least 4 members (excludes halogenated alkanes) is 1. The van der Waals surface area contributed by atoms with Gasteiger partial charge in [-0.25, -0.2) is 0 Å². The van der Waals surface area contributed by atoms with Crippen LogP contribution < -0.4 is 0 Å². The molecular formula is C22H37NO2. The zero-order chi connectivity index (χ0) is 18.8. The molecule has 142 valence electrons. The summed E-state index contributed by atoms with van der Waals surface area (Å²) in [7, 11) is 1.73. The maximum Gasteiger partial charge on any atom is 0.250 e. The van der Waals surface area contributed by atoms with Gasteiger partial charge < -0.3 is 9.64 Å². The van der Waals surface area contributed by atoms with Crippen molar-refractivity contribution < 1.29 is 9.53 Å². The van der Waals surface area contributed by atoms with Crippen molar-refractivity contribution in [2.75, 3.05) is 7.11 Å². The molecule has 1 amide bonds. The van der Waals surface area contributed by atoms with Crippen LogP contribution in [0.15, 0.2) is 23.5 Å². The molecule has 3 heteroatoms. The fourth-order valence-electron chi connectivity index (χ4n) is 4.90. The quantitative estimate of drug-likeness (QED) is 0.660. The molecule has 2 atom stereocenters. The first-order valence-electron chi connectivity index (χ1n) is 9.96. The van der Waals surface area contributed by atoms with Crippen molar-refractivity contribution in [1.82, 2.24) is 4.90 Å². The van der Waals surface area contributed by atoms with E-state index in [-0.39, 0.29) is 28.8 Å². The summed E-state index contributed by atoms with van der Waals surface area (Å²) in [5.41, 5.74) is 0.789. The van der Waals surface area contributed by atoms with E-state index in [1.54, 1.807) is 7.11 Å². The smallest absolute Gasteiger partial charge is 0.250 e. The predicted octanol–water partition coefficient (Wildman–Crippen LogP) is 5.47. The molecule has 1 saturated heterocycles. The van der Waals surface area contributed by atoms with Gasteiger partial charge in [0.1, 0.15) is 0 Å². The molecule has 2 rings (SSSR count). The van der Waals surface area contributed by atoms with Crippen LogP contribution in [0.2, 0.25) is 0 Å². The number of ether oxygens (including phenoxy) is 1. The lowest BCUT2D eigenvalue weighted by Crippen LogP contribution is -2.61. The van der Waals surface area contributed by atoms with Gasteiger partial charge >= 0.3 is 0 Å². The average Bonchev–Trinajstić information content (AvgIpc) is 2.51. The lowest BCUT2D eigenvalue weighted by Gasteiger charge is -2.53. The van der Waals surface area contributed by atoms with Crippen molar-refractivity contribution in [1.29, 1.82) is 0 Å². The van der Waals surface area contributed by atoms with Crippen molar-refractivity contribution in [3.8, 4) is 0 Å². The molecule has 0 saturated carbocycles. The van der Waals surface area contributed by atoms with E-state index in [1.807, 2.05) is 12.2 Å². The molecule has 1 aliphatic carbocycles. The minimum Gasteiger partial charge on any atom is -0.501 e. The number of likely N-dealkylation sites (tertiary alicyclic amines) is 1. The Labute approximate surface area is 154 Å². The zero-order valence-corrected chi connectivity index (χ0v) is 17.3. The summed E-state index contributed by atoms with van der Waals surface area (Å²) in [5, 5.41) is 0. The monoisotopic (exact) mass is 347 g/mol. The molecule has 25 heavy (non-hydrogen) atoms. The molecule has 0 spiro atoms. The number of carbonyl (C=O) groups is 1. The maximum atomic E-state index is 13.7. The van der Waals surface area contributed by atoms with E-state index in [1.165, 1.54) is 6.42 Å². The summed E-state index contributed by atoms with van der Waals surface area (Å²) in [6.07, 6.45) is 10.7. The normalized spacial score (nSPS) is 28.2. The minimum atomic E-state index is -0.0938. The van der Waals surface area contributed by atoms with Crippen LogP contribution in [-0.4, -0.2) is 29.0 Å². The van der Waals surface area contributed by atoms with E-state index in [9.17, 15) is 4.79 Å². The average molecular weight is 348 g/mol. The van der Waals surface area contributed by atoms with Crippen LogP contribution in [0, 0.1) is 11.8 Å². The van der Waals surface area contributed by atoms with Gasteiger partial charge in [0.15, 0.2) is 0 Å². The molecule has 2 aliphatic rings. The molecular weight excluding hydrogens is 310 g/mol. The van der Waals surface area contributed by atoms with Crippen LogP contribution in [0.3, 0.4) is 0 Å². The second kappa shape index (κ2) is 7.55. The number of piperidine rings is 1. The van der Waals surface area contributed by atoms with Crippen LogP contribution in [0.4, 0.5) is 0 Å². The topological polar surface area (TPSA) is 29.5 Å². The van der Waals surface area contributed by atoms with Crippen LogP contribution >= 0.6 is 0 Å². The summed E-state index contributed by atoms with van der Waals surface area (Å²) in [4.78, 5) is 15.9.